The predicted molar refractivity (Wildman–Crippen MR) is 81.7 cm³/mol. The normalized spacial score (nSPS) is 13.0. The van der Waals surface area contributed by atoms with Crippen molar-refractivity contribution in [2.75, 3.05) is 11.9 Å². The Bertz CT molecular complexity index is 692. The summed E-state index contributed by atoms with van der Waals surface area (Å²) >= 11 is 1.40. The van der Waals surface area contributed by atoms with Gasteiger partial charge < -0.3 is 4.74 Å². The summed E-state index contributed by atoms with van der Waals surface area (Å²) in [5, 5.41) is 7.19. The Morgan fingerprint density at radius 2 is 2.19 bits per heavy atom. The number of carbonyl (C=O) groups is 1. The van der Waals surface area contributed by atoms with E-state index in [0.717, 1.165) is 11.3 Å². The Morgan fingerprint density at radius 3 is 2.95 bits per heavy atom. The summed E-state index contributed by atoms with van der Waals surface area (Å²) in [6.45, 7) is -0.0324. The molecule has 0 saturated heterocycles. The van der Waals surface area contributed by atoms with Gasteiger partial charge >= 0.3 is 0 Å². The Balaban J connectivity index is 1.54. The molecule has 106 valence electrons. The van der Waals surface area contributed by atoms with Crippen LogP contribution in [0.3, 0.4) is 0 Å². The van der Waals surface area contributed by atoms with Crippen LogP contribution < -0.4 is 15.4 Å². The minimum atomic E-state index is -0.220. The summed E-state index contributed by atoms with van der Waals surface area (Å²) in [6, 6.07) is 9.24. The van der Waals surface area contributed by atoms with Crippen molar-refractivity contribution in [1.82, 2.24) is 4.98 Å². The van der Waals surface area contributed by atoms with Crippen LogP contribution in [0.1, 0.15) is 5.69 Å². The first-order valence-corrected chi connectivity index (χ1v) is 7.34. The number of nitrogens with one attached hydrogen (secondary N) is 1. The van der Waals surface area contributed by atoms with E-state index in [1.807, 2.05) is 59.5 Å². The molecule has 5 nitrogen and oxygen atoms in total. The fraction of sp³-hybridized carbons (Fsp3) is 0.0667. The Morgan fingerprint density at radius 1 is 1.33 bits per heavy atom. The van der Waals surface area contributed by atoms with Crippen LogP contribution in [0, 0.1) is 0 Å². The lowest BCUT2D eigenvalue weighted by Crippen LogP contribution is -2.69. The second kappa shape index (κ2) is 6.34. The van der Waals surface area contributed by atoms with Crippen LogP contribution in [-0.4, -0.2) is 17.5 Å². The first-order chi connectivity index (χ1) is 10.3. The molecule has 3 rings (SSSR count). The summed E-state index contributed by atoms with van der Waals surface area (Å²) in [5.41, 5.74) is 1.91. The molecule has 6 heteroatoms. The van der Waals surface area contributed by atoms with Gasteiger partial charge in [0.2, 0.25) is 0 Å². The minimum absolute atomic E-state index is 0.0324. The number of quaternary nitrogens is 1. The molecule has 1 amide bonds. The highest BCUT2D eigenvalue weighted by molar-refractivity contribution is 7.14. The first kappa shape index (κ1) is 13.5. The second-order valence-corrected chi connectivity index (χ2v) is 5.22. The van der Waals surface area contributed by atoms with Gasteiger partial charge in [0.15, 0.2) is 11.7 Å². The fourth-order valence-electron chi connectivity index (χ4n) is 1.83. The molecule has 0 unspecified atom stereocenters. The van der Waals surface area contributed by atoms with E-state index in [1.54, 1.807) is 0 Å². The van der Waals surface area contributed by atoms with Gasteiger partial charge in [0, 0.05) is 11.5 Å². The summed E-state index contributed by atoms with van der Waals surface area (Å²) in [7, 11) is 0. The number of nitrogens with two attached hydrogens (primary N) is 1. The van der Waals surface area contributed by atoms with Crippen LogP contribution >= 0.6 is 11.3 Å². The number of amides is 1. The van der Waals surface area contributed by atoms with E-state index in [-0.39, 0.29) is 12.5 Å². The molecule has 0 radical (unpaired) electrons. The fourth-order valence-corrected chi connectivity index (χ4v) is 2.57. The molecule has 2 heterocycles. The number of para-hydroxylation sites is 1. The third-order valence-corrected chi connectivity index (χ3v) is 3.58. The number of hydrogen-bond donors (Lipinski definition) is 2. The molecule has 0 saturated carbocycles. The lowest BCUT2D eigenvalue weighted by molar-refractivity contribution is -0.509. The molecular formula is C15H14N3O2S+. The molecule has 3 N–H and O–H groups in total. The monoisotopic (exact) mass is 300 g/mol. The van der Waals surface area contributed by atoms with Gasteiger partial charge in [0.1, 0.15) is 11.9 Å². The van der Waals surface area contributed by atoms with Crippen molar-refractivity contribution in [2.24, 2.45) is 0 Å². The smallest absolute Gasteiger partial charge is 0.264 e. The van der Waals surface area contributed by atoms with Gasteiger partial charge in [-0.3, -0.25) is 15.4 Å². The van der Waals surface area contributed by atoms with Crippen LogP contribution in [0.4, 0.5) is 5.13 Å². The van der Waals surface area contributed by atoms with E-state index in [0.29, 0.717) is 10.9 Å². The second-order valence-electron chi connectivity index (χ2n) is 4.36. The van der Waals surface area contributed by atoms with Crippen LogP contribution in [0.15, 0.2) is 54.2 Å². The molecule has 0 fully saturated rings. The van der Waals surface area contributed by atoms with E-state index in [1.165, 1.54) is 11.3 Å². The maximum absolute atomic E-state index is 11.8. The lowest BCUT2D eigenvalue weighted by atomic mass is 10.2. The summed E-state index contributed by atoms with van der Waals surface area (Å²) in [6.07, 6.45) is 5.93. The molecule has 0 bridgehead atoms. The highest BCUT2D eigenvalue weighted by Crippen LogP contribution is 2.22. The number of carbonyl (C=O) groups excluding carboxylic acids is 1. The van der Waals surface area contributed by atoms with Crippen molar-refractivity contribution >= 4 is 27.9 Å². The van der Waals surface area contributed by atoms with Gasteiger partial charge in [-0.25, -0.2) is 4.98 Å². The number of aromatic nitrogens is 1. The van der Waals surface area contributed by atoms with Crippen molar-refractivity contribution < 1.29 is 14.8 Å². The SMILES string of the molecule is O=C(COc1ccccc1)Nc1nc(C2=C[NH2+]C=C2)cs1. The number of nitrogens with zero attached hydrogens (tertiary/aromatic N) is 1. The average molecular weight is 300 g/mol. The number of ether oxygens (including phenoxy) is 1. The van der Waals surface area contributed by atoms with E-state index in [2.05, 4.69) is 10.3 Å². The molecule has 1 aliphatic rings. The van der Waals surface area contributed by atoms with Crippen molar-refractivity contribution in [3.05, 3.63) is 59.9 Å². The highest BCUT2D eigenvalue weighted by atomic mass is 32.1. The van der Waals surface area contributed by atoms with E-state index in [4.69, 9.17) is 4.74 Å². The number of hydrogen-bond acceptors (Lipinski definition) is 4. The molecule has 0 atom stereocenters. The maximum atomic E-state index is 11.8. The molecule has 1 aliphatic heterocycles. The van der Waals surface area contributed by atoms with Gasteiger partial charge in [-0.15, -0.1) is 11.3 Å². The van der Waals surface area contributed by atoms with Crippen molar-refractivity contribution in [3.63, 3.8) is 0 Å². The van der Waals surface area contributed by atoms with Crippen LogP contribution in [0.5, 0.6) is 5.75 Å². The predicted octanol–water partition coefficient (Wildman–Crippen LogP) is 1.59. The molecule has 0 spiro atoms. The molecule has 2 aromatic rings. The topological polar surface area (TPSA) is 67.8 Å². The number of allylic oxidation sites excluding steroid dienone is 2. The number of anilines is 1. The van der Waals surface area contributed by atoms with Gasteiger partial charge in [-0.2, -0.15) is 0 Å². The van der Waals surface area contributed by atoms with Gasteiger partial charge in [0.05, 0.1) is 17.5 Å². The van der Waals surface area contributed by atoms with Crippen molar-refractivity contribution in [3.8, 4) is 5.75 Å². The average Bonchev–Trinajstić information content (AvgIpc) is 3.17. The lowest BCUT2D eigenvalue weighted by Gasteiger charge is -2.05. The standard InChI is InChI=1S/C15H13N3O2S/c19-14(9-20-12-4-2-1-3-5-12)18-15-17-13(10-21-15)11-6-7-16-8-11/h1-8,10,16H,9H2,(H,17,18,19)/p+1. The number of thiazole rings is 1. The maximum Gasteiger partial charge on any atom is 0.264 e. The van der Waals surface area contributed by atoms with Gasteiger partial charge in [-0.05, 0) is 12.1 Å². The quantitative estimate of drug-likeness (QED) is 0.881. The largest absolute Gasteiger partial charge is 0.484 e. The Kier molecular flexibility index (Phi) is 4.09. The highest BCUT2D eigenvalue weighted by Gasteiger charge is 2.11. The van der Waals surface area contributed by atoms with Crippen LogP contribution in [-0.2, 0) is 4.79 Å². The summed E-state index contributed by atoms with van der Waals surface area (Å²) < 4.78 is 5.38. The van der Waals surface area contributed by atoms with E-state index < -0.39 is 0 Å². The molecule has 1 aromatic carbocycles. The molecule has 1 aromatic heterocycles. The van der Waals surface area contributed by atoms with Crippen molar-refractivity contribution in [2.45, 2.75) is 0 Å². The van der Waals surface area contributed by atoms with Crippen LogP contribution in [0.25, 0.3) is 5.57 Å². The Hall–Kier alpha value is -2.44. The van der Waals surface area contributed by atoms with E-state index in [9.17, 15) is 4.79 Å². The van der Waals surface area contributed by atoms with Crippen molar-refractivity contribution in [1.29, 1.82) is 0 Å². The zero-order valence-electron chi connectivity index (χ0n) is 11.2. The number of rotatable bonds is 5. The van der Waals surface area contributed by atoms with E-state index >= 15 is 0 Å². The van der Waals surface area contributed by atoms with Gasteiger partial charge in [0.25, 0.3) is 5.91 Å². The number of benzene rings is 1. The minimum Gasteiger partial charge on any atom is -0.484 e. The zero-order valence-corrected chi connectivity index (χ0v) is 12.0. The molecular weight excluding hydrogens is 286 g/mol. The Labute approximate surface area is 126 Å². The third kappa shape index (κ3) is 3.56. The van der Waals surface area contributed by atoms with Crippen LogP contribution in [0.2, 0.25) is 0 Å². The molecule has 21 heavy (non-hydrogen) atoms. The third-order valence-electron chi connectivity index (χ3n) is 2.82. The first-order valence-electron chi connectivity index (χ1n) is 6.46. The summed E-state index contributed by atoms with van der Waals surface area (Å²) in [5.74, 6) is 0.450. The zero-order chi connectivity index (χ0) is 14.5. The summed E-state index contributed by atoms with van der Waals surface area (Å²) in [4.78, 5) is 16.2. The van der Waals surface area contributed by atoms with Gasteiger partial charge in [-0.1, -0.05) is 18.2 Å². The molecule has 0 aliphatic carbocycles.